The van der Waals surface area contributed by atoms with Gasteiger partial charge in [0, 0.05) is 19.0 Å². The molecule has 1 aromatic heterocycles. The second kappa shape index (κ2) is 6.98. The number of nitrogens with zero attached hydrogens (tertiary/aromatic N) is 3. The molecule has 134 valence electrons. The third kappa shape index (κ3) is 3.75. The van der Waals surface area contributed by atoms with Crippen LogP contribution in [-0.4, -0.2) is 39.4 Å². The maximum Gasteiger partial charge on any atom is 0.292 e. The van der Waals surface area contributed by atoms with Crippen molar-refractivity contribution in [1.29, 1.82) is 0 Å². The van der Waals surface area contributed by atoms with Gasteiger partial charge >= 0.3 is 0 Å². The van der Waals surface area contributed by atoms with Gasteiger partial charge in [0.2, 0.25) is 11.8 Å². The third-order valence-electron chi connectivity index (χ3n) is 5.18. The third-order valence-corrected chi connectivity index (χ3v) is 5.18. The van der Waals surface area contributed by atoms with Gasteiger partial charge in [0.15, 0.2) is 0 Å². The number of aromatic nitrogens is 2. The Hall–Kier alpha value is -2.18. The number of carbonyl (C=O) groups is 2. The number of nitrogens with one attached hydrogen (secondary N) is 1. The number of hydrogen-bond acceptors (Lipinski definition) is 5. The molecule has 1 N–H and O–H groups in total. The Labute approximate surface area is 146 Å². The van der Waals surface area contributed by atoms with E-state index in [1.54, 1.807) is 0 Å². The molecule has 3 aliphatic rings. The minimum absolute atomic E-state index is 0.0659. The lowest BCUT2D eigenvalue weighted by molar-refractivity contribution is -0.131. The predicted octanol–water partition coefficient (Wildman–Crippen LogP) is 2.52. The normalized spacial score (nSPS) is 23.4. The van der Waals surface area contributed by atoms with E-state index in [0.29, 0.717) is 18.9 Å². The SMILES string of the molecule is O=C(NC1CC1)c1noc([C@@H]2CCCN2C(=O)CC2=CCCCC2)n1. The first-order chi connectivity index (χ1) is 12.2. The Morgan fingerprint density at radius 1 is 1.24 bits per heavy atom. The van der Waals surface area contributed by atoms with E-state index in [9.17, 15) is 9.59 Å². The van der Waals surface area contributed by atoms with Gasteiger partial charge in [-0.2, -0.15) is 4.98 Å². The van der Waals surface area contributed by atoms with E-state index < -0.39 is 0 Å². The highest BCUT2D eigenvalue weighted by molar-refractivity contribution is 5.90. The second-order valence-electron chi connectivity index (χ2n) is 7.23. The van der Waals surface area contributed by atoms with Gasteiger partial charge in [-0.1, -0.05) is 16.8 Å². The van der Waals surface area contributed by atoms with Crippen LogP contribution in [0.4, 0.5) is 0 Å². The summed E-state index contributed by atoms with van der Waals surface area (Å²) in [4.78, 5) is 30.8. The monoisotopic (exact) mass is 344 g/mol. The van der Waals surface area contributed by atoms with Gasteiger partial charge in [0.25, 0.3) is 11.7 Å². The lowest BCUT2D eigenvalue weighted by Gasteiger charge is -2.23. The molecular formula is C18H24N4O3. The molecule has 0 radical (unpaired) electrons. The molecule has 1 saturated carbocycles. The second-order valence-corrected chi connectivity index (χ2v) is 7.23. The van der Waals surface area contributed by atoms with E-state index in [2.05, 4.69) is 21.5 Å². The lowest BCUT2D eigenvalue weighted by atomic mass is 9.97. The molecule has 2 heterocycles. The molecule has 7 nitrogen and oxygen atoms in total. The fraction of sp³-hybridized carbons (Fsp3) is 0.667. The van der Waals surface area contributed by atoms with E-state index in [0.717, 1.165) is 38.5 Å². The summed E-state index contributed by atoms with van der Waals surface area (Å²) in [5.74, 6) is 0.277. The van der Waals surface area contributed by atoms with Crippen LogP contribution in [-0.2, 0) is 4.79 Å². The van der Waals surface area contributed by atoms with Crippen LogP contribution >= 0.6 is 0 Å². The van der Waals surface area contributed by atoms with Crippen molar-refractivity contribution in [3.05, 3.63) is 23.4 Å². The van der Waals surface area contributed by atoms with Crippen molar-refractivity contribution < 1.29 is 14.1 Å². The molecule has 7 heteroatoms. The highest BCUT2D eigenvalue weighted by atomic mass is 16.5. The number of rotatable bonds is 5. The van der Waals surface area contributed by atoms with E-state index in [1.165, 1.54) is 18.4 Å². The summed E-state index contributed by atoms with van der Waals surface area (Å²) in [6.45, 7) is 0.711. The summed E-state index contributed by atoms with van der Waals surface area (Å²) in [5, 5.41) is 6.65. The zero-order valence-electron chi connectivity index (χ0n) is 14.4. The summed E-state index contributed by atoms with van der Waals surface area (Å²) in [7, 11) is 0. The van der Waals surface area contributed by atoms with Crippen LogP contribution in [0.25, 0.3) is 0 Å². The van der Waals surface area contributed by atoms with Gasteiger partial charge in [0.05, 0.1) is 0 Å². The number of hydrogen-bond donors (Lipinski definition) is 1. The minimum Gasteiger partial charge on any atom is -0.346 e. The average molecular weight is 344 g/mol. The molecule has 1 atom stereocenters. The Balaban J connectivity index is 1.42. The number of allylic oxidation sites excluding steroid dienone is 1. The van der Waals surface area contributed by atoms with Gasteiger partial charge < -0.3 is 14.7 Å². The average Bonchev–Trinajstić information content (AvgIpc) is 3.12. The van der Waals surface area contributed by atoms with Crippen molar-refractivity contribution in [2.75, 3.05) is 6.54 Å². The summed E-state index contributed by atoms with van der Waals surface area (Å²) in [6, 6.07) is 0.0504. The van der Waals surface area contributed by atoms with E-state index in [-0.39, 0.29) is 29.7 Å². The summed E-state index contributed by atoms with van der Waals surface area (Å²) < 4.78 is 5.31. The molecule has 4 rings (SSSR count). The van der Waals surface area contributed by atoms with Crippen molar-refractivity contribution in [1.82, 2.24) is 20.4 Å². The Bertz CT molecular complexity index is 692. The van der Waals surface area contributed by atoms with Crippen molar-refractivity contribution >= 4 is 11.8 Å². The molecule has 2 fully saturated rings. The van der Waals surface area contributed by atoms with Crippen LogP contribution in [0.15, 0.2) is 16.2 Å². The fourth-order valence-electron chi connectivity index (χ4n) is 3.62. The largest absolute Gasteiger partial charge is 0.346 e. The van der Waals surface area contributed by atoms with E-state index in [1.807, 2.05) is 4.90 Å². The summed E-state index contributed by atoms with van der Waals surface area (Å²) >= 11 is 0. The van der Waals surface area contributed by atoms with Crippen molar-refractivity contribution in [2.24, 2.45) is 0 Å². The van der Waals surface area contributed by atoms with Crippen LogP contribution < -0.4 is 5.32 Å². The molecule has 2 amide bonds. The predicted molar refractivity (Wildman–Crippen MR) is 89.6 cm³/mol. The highest BCUT2D eigenvalue weighted by Gasteiger charge is 2.35. The van der Waals surface area contributed by atoms with Gasteiger partial charge in [-0.3, -0.25) is 9.59 Å². The lowest BCUT2D eigenvalue weighted by Crippen LogP contribution is -2.31. The quantitative estimate of drug-likeness (QED) is 0.829. The molecule has 0 spiro atoms. The molecule has 0 bridgehead atoms. The minimum atomic E-state index is -0.291. The number of likely N-dealkylation sites (tertiary alicyclic amines) is 1. The number of carbonyl (C=O) groups excluding carboxylic acids is 2. The first-order valence-corrected chi connectivity index (χ1v) is 9.32. The van der Waals surface area contributed by atoms with Gasteiger partial charge in [-0.15, -0.1) is 0 Å². The topological polar surface area (TPSA) is 88.3 Å². The standard InChI is InChI=1S/C18H24N4O3/c23-15(11-12-5-2-1-3-6-12)22-10-4-7-14(22)18-20-16(21-25-18)17(24)19-13-8-9-13/h5,13-14H,1-4,6-11H2,(H,19,24)/t14-/m0/s1. The molecule has 0 aromatic carbocycles. The molecule has 1 saturated heterocycles. The molecule has 1 aliphatic heterocycles. The molecule has 25 heavy (non-hydrogen) atoms. The summed E-state index contributed by atoms with van der Waals surface area (Å²) in [5.41, 5.74) is 1.25. The summed E-state index contributed by atoms with van der Waals surface area (Å²) in [6.07, 6.45) is 10.9. The van der Waals surface area contributed by atoms with Crippen molar-refractivity contribution in [3.63, 3.8) is 0 Å². The Morgan fingerprint density at radius 3 is 2.88 bits per heavy atom. The van der Waals surface area contributed by atoms with Crippen LogP contribution in [0.5, 0.6) is 0 Å². The van der Waals surface area contributed by atoms with Crippen LogP contribution in [0.1, 0.15) is 80.3 Å². The fourth-order valence-corrected chi connectivity index (χ4v) is 3.62. The highest BCUT2D eigenvalue weighted by Crippen LogP contribution is 2.33. The maximum absolute atomic E-state index is 12.7. The van der Waals surface area contributed by atoms with Crippen LogP contribution in [0.3, 0.4) is 0 Å². The Morgan fingerprint density at radius 2 is 2.12 bits per heavy atom. The van der Waals surface area contributed by atoms with Crippen LogP contribution in [0, 0.1) is 0 Å². The molecule has 0 unspecified atom stereocenters. The molecular weight excluding hydrogens is 320 g/mol. The first-order valence-electron chi connectivity index (χ1n) is 9.32. The first kappa shape index (κ1) is 16.3. The van der Waals surface area contributed by atoms with E-state index >= 15 is 0 Å². The molecule has 2 aliphatic carbocycles. The van der Waals surface area contributed by atoms with E-state index in [4.69, 9.17) is 4.52 Å². The molecule has 1 aromatic rings. The van der Waals surface area contributed by atoms with Gasteiger partial charge in [-0.05, 0) is 51.4 Å². The number of amides is 2. The van der Waals surface area contributed by atoms with Gasteiger partial charge in [0.1, 0.15) is 6.04 Å². The zero-order valence-corrected chi connectivity index (χ0v) is 14.4. The van der Waals surface area contributed by atoms with Crippen molar-refractivity contribution in [2.45, 2.75) is 69.9 Å². The smallest absolute Gasteiger partial charge is 0.292 e. The van der Waals surface area contributed by atoms with Crippen molar-refractivity contribution in [3.8, 4) is 0 Å². The maximum atomic E-state index is 12.7. The Kier molecular flexibility index (Phi) is 4.55. The zero-order chi connectivity index (χ0) is 17.2. The van der Waals surface area contributed by atoms with Crippen LogP contribution in [0.2, 0.25) is 0 Å². The van der Waals surface area contributed by atoms with Gasteiger partial charge in [-0.25, -0.2) is 0 Å².